The van der Waals surface area contributed by atoms with E-state index in [9.17, 15) is 13.2 Å². The molecule has 2 aliphatic heterocycles. The van der Waals surface area contributed by atoms with Crippen molar-refractivity contribution in [3.8, 4) is 5.75 Å². The van der Waals surface area contributed by atoms with E-state index in [1.807, 2.05) is 24.3 Å². The summed E-state index contributed by atoms with van der Waals surface area (Å²) in [4.78, 5) is 17.5. The van der Waals surface area contributed by atoms with E-state index < -0.39 is 16.1 Å². The second-order valence-corrected chi connectivity index (χ2v) is 9.93. The van der Waals surface area contributed by atoms with Gasteiger partial charge in [-0.25, -0.2) is 8.42 Å². The molecule has 2 aromatic carbocycles. The number of amides is 1. The first-order valence-electron chi connectivity index (χ1n) is 10.4. The lowest BCUT2D eigenvalue weighted by Crippen LogP contribution is -2.44. The largest absolute Gasteiger partial charge is 0.478 e. The number of anilines is 3. The molecule has 31 heavy (non-hydrogen) atoms. The predicted molar refractivity (Wildman–Crippen MR) is 122 cm³/mol. The molecule has 0 saturated carbocycles. The van der Waals surface area contributed by atoms with Crippen LogP contribution in [0.3, 0.4) is 0 Å². The van der Waals surface area contributed by atoms with Crippen molar-refractivity contribution in [1.82, 2.24) is 4.90 Å². The van der Waals surface area contributed by atoms with Crippen LogP contribution in [0.2, 0.25) is 0 Å². The van der Waals surface area contributed by atoms with Gasteiger partial charge in [0.15, 0.2) is 6.10 Å². The van der Waals surface area contributed by atoms with Gasteiger partial charge in [-0.05, 0) is 43.4 Å². The van der Waals surface area contributed by atoms with Crippen molar-refractivity contribution in [2.24, 2.45) is 0 Å². The molecule has 2 heterocycles. The third-order valence-corrected chi connectivity index (χ3v) is 6.87. The fraction of sp³-hybridized carbons (Fsp3) is 0.409. The van der Waals surface area contributed by atoms with Gasteiger partial charge >= 0.3 is 0 Å². The van der Waals surface area contributed by atoms with Crippen molar-refractivity contribution in [3.05, 3.63) is 48.5 Å². The number of fused-ring (bicyclic) bond motifs is 1. The summed E-state index contributed by atoms with van der Waals surface area (Å²) in [6.45, 7) is 4.20. The molecule has 1 fully saturated rings. The Hall–Kier alpha value is -2.78. The van der Waals surface area contributed by atoms with Crippen molar-refractivity contribution in [3.63, 3.8) is 0 Å². The molecule has 9 heteroatoms. The molecule has 1 atom stereocenters. The number of hydrogen-bond acceptors (Lipinski definition) is 6. The van der Waals surface area contributed by atoms with Gasteiger partial charge in [0, 0.05) is 50.5 Å². The number of rotatable bonds is 4. The van der Waals surface area contributed by atoms with Crippen LogP contribution in [0.25, 0.3) is 0 Å². The van der Waals surface area contributed by atoms with Gasteiger partial charge in [-0.15, -0.1) is 0 Å². The topological polar surface area (TPSA) is 82.2 Å². The fourth-order valence-corrected chi connectivity index (χ4v) is 4.85. The summed E-state index contributed by atoms with van der Waals surface area (Å²) in [6, 6.07) is 14.7. The van der Waals surface area contributed by atoms with E-state index in [0.717, 1.165) is 38.1 Å². The van der Waals surface area contributed by atoms with Gasteiger partial charge in [0.05, 0.1) is 11.9 Å². The monoisotopic (exact) mass is 444 g/mol. The van der Waals surface area contributed by atoms with E-state index in [1.165, 1.54) is 4.31 Å². The molecule has 8 nitrogen and oxygen atoms in total. The molecule has 0 bridgehead atoms. The van der Waals surface area contributed by atoms with Gasteiger partial charge in [-0.1, -0.05) is 12.1 Å². The number of piperazine rings is 1. The zero-order valence-corrected chi connectivity index (χ0v) is 18.6. The Morgan fingerprint density at radius 2 is 1.68 bits per heavy atom. The standard InChI is InChI=1S/C22H28N4O4S/c1-24-13-15-25(16-14-24)18-9-7-17(8-10-18)23-22(27)21-11-12-26(31(2,28)29)19-5-3-4-6-20(19)30-21/h3-10,21H,11-16H2,1-2H3,(H,23,27). The second kappa shape index (κ2) is 8.76. The molecule has 0 spiro atoms. The van der Waals surface area contributed by atoms with E-state index in [4.69, 9.17) is 4.74 Å². The Morgan fingerprint density at radius 1 is 1.00 bits per heavy atom. The zero-order valence-electron chi connectivity index (χ0n) is 17.8. The Kier molecular flexibility index (Phi) is 6.06. The number of sulfonamides is 1. The second-order valence-electron chi connectivity index (χ2n) is 8.02. The highest BCUT2D eigenvalue weighted by Gasteiger charge is 2.31. The van der Waals surface area contributed by atoms with Crippen molar-refractivity contribution in [2.75, 3.05) is 60.5 Å². The molecule has 2 aromatic rings. The summed E-state index contributed by atoms with van der Waals surface area (Å²) in [7, 11) is -1.35. The molecular weight excluding hydrogens is 416 g/mol. The molecule has 0 radical (unpaired) electrons. The first kappa shape index (κ1) is 21.5. The minimum Gasteiger partial charge on any atom is -0.478 e. The SMILES string of the molecule is CN1CCN(c2ccc(NC(=O)C3CCN(S(C)(=O)=O)c4ccccc4O3)cc2)CC1. The number of carbonyl (C=O) groups is 1. The van der Waals surface area contributed by atoms with Crippen molar-refractivity contribution in [2.45, 2.75) is 12.5 Å². The first-order chi connectivity index (χ1) is 14.8. The Morgan fingerprint density at radius 3 is 2.35 bits per heavy atom. The molecule has 1 N–H and O–H groups in total. The smallest absolute Gasteiger partial charge is 0.265 e. The van der Waals surface area contributed by atoms with Crippen molar-refractivity contribution < 1.29 is 17.9 Å². The first-order valence-corrected chi connectivity index (χ1v) is 12.2. The van der Waals surface area contributed by atoms with Gasteiger partial charge in [-0.3, -0.25) is 9.10 Å². The van der Waals surface area contributed by atoms with E-state index in [2.05, 4.69) is 22.2 Å². The highest BCUT2D eigenvalue weighted by atomic mass is 32.2. The molecule has 0 aromatic heterocycles. The molecule has 1 amide bonds. The number of nitrogens with zero attached hydrogens (tertiary/aromatic N) is 3. The lowest BCUT2D eigenvalue weighted by atomic mass is 10.2. The number of benzene rings is 2. The van der Waals surface area contributed by atoms with Crippen LogP contribution in [0.4, 0.5) is 17.1 Å². The summed E-state index contributed by atoms with van der Waals surface area (Å²) in [5, 5.41) is 2.90. The fourth-order valence-electron chi connectivity index (χ4n) is 3.90. The molecular formula is C22H28N4O4S. The van der Waals surface area contributed by atoms with E-state index in [-0.39, 0.29) is 18.9 Å². The molecule has 0 aliphatic carbocycles. The minimum atomic E-state index is -3.48. The van der Waals surface area contributed by atoms with Gasteiger partial charge < -0.3 is 19.9 Å². The third-order valence-electron chi connectivity index (χ3n) is 5.69. The quantitative estimate of drug-likeness (QED) is 0.777. The van der Waals surface area contributed by atoms with Gasteiger partial charge in [0.2, 0.25) is 10.0 Å². The number of para-hydroxylation sites is 2. The highest BCUT2D eigenvalue weighted by molar-refractivity contribution is 7.92. The summed E-state index contributed by atoms with van der Waals surface area (Å²) in [6.07, 6.45) is 0.629. The zero-order chi connectivity index (χ0) is 22.0. The summed E-state index contributed by atoms with van der Waals surface area (Å²) in [5.74, 6) is 0.0912. The van der Waals surface area contributed by atoms with Crippen LogP contribution in [0.5, 0.6) is 5.75 Å². The average molecular weight is 445 g/mol. The van der Waals surface area contributed by atoms with Crippen LogP contribution in [0, 0.1) is 0 Å². The molecule has 4 rings (SSSR count). The van der Waals surface area contributed by atoms with Crippen LogP contribution in [-0.2, 0) is 14.8 Å². The molecule has 1 unspecified atom stereocenters. The van der Waals surface area contributed by atoms with E-state index >= 15 is 0 Å². The third kappa shape index (κ3) is 4.94. The number of likely N-dealkylation sites (N-methyl/N-ethyl adjacent to an activating group) is 1. The van der Waals surface area contributed by atoms with Gasteiger partial charge in [-0.2, -0.15) is 0 Å². The highest BCUT2D eigenvalue weighted by Crippen LogP contribution is 2.34. The predicted octanol–water partition coefficient (Wildman–Crippen LogP) is 1.99. The van der Waals surface area contributed by atoms with E-state index in [0.29, 0.717) is 17.1 Å². The number of nitrogens with one attached hydrogen (secondary N) is 1. The van der Waals surface area contributed by atoms with Crippen LogP contribution in [-0.4, -0.2) is 71.4 Å². The number of ether oxygens (including phenoxy) is 1. The maximum absolute atomic E-state index is 12.9. The number of hydrogen-bond donors (Lipinski definition) is 1. The minimum absolute atomic E-state index is 0.177. The van der Waals surface area contributed by atoms with Crippen LogP contribution in [0.1, 0.15) is 6.42 Å². The lowest BCUT2D eigenvalue weighted by Gasteiger charge is -2.34. The molecule has 166 valence electrons. The summed E-state index contributed by atoms with van der Waals surface area (Å²) < 4.78 is 31.6. The maximum atomic E-state index is 12.9. The van der Waals surface area contributed by atoms with Crippen LogP contribution in [0.15, 0.2) is 48.5 Å². The molecule has 2 aliphatic rings. The average Bonchev–Trinajstić information content (AvgIpc) is 2.95. The summed E-state index contributed by atoms with van der Waals surface area (Å²) in [5.41, 5.74) is 2.27. The maximum Gasteiger partial charge on any atom is 0.265 e. The Bertz CT molecular complexity index is 1030. The van der Waals surface area contributed by atoms with Gasteiger partial charge in [0.25, 0.3) is 5.91 Å². The van der Waals surface area contributed by atoms with Gasteiger partial charge in [0.1, 0.15) is 5.75 Å². The van der Waals surface area contributed by atoms with Crippen molar-refractivity contribution >= 4 is 33.0 Å². The van der Waals surface area contributed by atoms with Crippen LogP contribution < -0.4 is 19.3 Å². The van der Waals surface area contributed by atoms with Crippen LogP contribution >= 0.6 is 0 Å². The van der Waals surface area contributed by atoms with Crippen molar-refractivity contribution in [1.29, 1.82) is 0 Å². The number of carbonyl (C=O) groups excluding carboxylic acids is 1. The summed E-state index contributed by atoms with van der Waals surface area (Å²) >= 11 is 0. The Balaban J connectivity index is 1.44. The Labute approximate surface area is 183 Å². The molecule has 1 saturated heterocycles. The normalized spacial score (nSPS) is 19.9. The van der Waals surface area contributed by atoms with E-state index in [1.54, 1.807) is 24.3 Å². The lowest BCUT2D eigenvalue weighted by molar-refractivity contribution is -0.122.